The Bertz CT molecular complexity index is 710. The minimum absolute atomic E-state index is 0.0589. The third-order valence-electron chi connectivity index (χ3n) is 3.78. The Hall–Kier alpha value is -2.48. The normalized spacial score (nSPS) is 17.0. The third kappa shape index (κ3) is 4.76. The number of ether oxygens (including phenoxy) is 1. The summed E-state index contributed by atoms with van der Waals surface area (Å²) >= 11 is 0. The Balaban J connectivity index is 1.51. The molecule has 0 aliphatic carbocycles. The number of pyridine rings is 1. The fourth-order valence-corrected chi connectivity index (χ4v) is 2.59. The number of rotatable bonds is 7. The highest BCUT2D eigenvalue weighted by Gasteiger charge is 2.23. The Morgan fingerprint density at radius 1 is 1.44 bits per heavy atom. The molecule has 1 amide bonds. The van der Waals surface area contributed by atoms with E-state index in [2.05, 4.69) is 25.8 Å². The predicted octanol–water partition coefficient (Wildman–Crippen LogP) is 2.11. The molecule has 1 fully saturated rings. The van der Waals surface area contributed by atoms with Crippen molar-refractivity contribution in [3.8, 4) is 0 Å². The highest BCUT2D eigenvalue weighted by Crippen LogP contribution is 2.26. The number of amides is 1. The first-order valence-electron chi connectivity index (χ1n) is 8.56. The van der Waals surface area contributed by atoms with Gasteiger partial charge in [-0.05, 0) is 38.8 Å². The lowest BCUT2D eigenvalue weighted by Gasteiger charge is -2.09. The molecule has 1 saturated heterocycles. The molecule has 2 aromatic heterocycles. The second-order valence-corrected chi connectivity index (χ2v) is 6.29. The van der Waals surface area contributed by atoms with Crippen molar-refractivity contribution in [1.29, 1.82) is 0 Å². The van der Waals surface area contributed by atoms with Gasteiger partial charge in [-0.3, -0.25) is 9.78 Å². The fourth-order valence-electron chi connectivity index (χ4n) is 2.59. The summed E-state index contributed by atoms with van der Waals surface area (Å²) in [6, 6.07) is 3.62. The number of hydrogen-bond donors (Lipinski definition) is 2. The molecule has 8 heteroatoms. The molecule has 0 spiro atoms. The van der Waals surface area contributed by atoms with E-state index in [0.29, 0.717) is 30.4 Å². The summed E-state index contributed by atoms with van der Waals surface area (Å²) in [5.41, 5.74) is 1.21. The molecular weight excluding hydrogens is 322 g/mol. The summed E-state index contributed by atoms with van der Waals surface area (Å²) in [7, 11) is 0. The molecule has 2 aromatic rings. The summed E-state index contributed by atoms with van der Waals surface area (Å²) in [5.74, 6) is 1.02. The van der Waals surface area contributed by atoms with Gasteiger partial charge in [-0.1, -0.05) is 5.16 Å². The van der Waals surface area contributed by atoms with Gasteiger partial charge in [0, 0.05) is 37.5 Å². The van der Waals surface area contributed by atoms with E-state index in [9.17, 15) is 4.79 Å². The van der Waals surface area contributed by atoms with Gasteiger partial charge >= 0.3 is 0 Å². The Kier molecular flexibility index (Phi) is 5.60. The van der Waals surface area contributed by atoms with E-state index in [1.165, 1.54) is 0 Å². The van der Waals surface area contributed by atoms with E-state index in [-0.39, 0.29) is 18.1 Å². The van der Waals surface area contributed by atoms with Crippen LogP contribution in [0.15, 0.2) is 22.9 Å². The second-order valence-electron chi connectivity index (χ2n) is 6.29. The van der Waals surface area contributed by atoms with Gasteiger partial charge in [-0.2, -0.15) is 4.98 Å². The molecule has 3 rings (SSSR count). The van der Waals surface area contributed by atoms with Gasteiger partial charge in [0.1, 0.15) is 11.8 Å². The Morgan fingerprint density at radius 3 is 3.08 bits per heavy atom. The number of nitrogens with one attached hydrogen (secondary N) is 2. The summed E-state index contributed by atoms with van der Waals surface area (Å²) < 4.78 is 10.8. The molecule has 0 aromatic carbocycles. The van der Waals surface area contributed by atoms with Crippen molar-refractivity contribution in [2.24, 2.45) is 0 Å². The van der Waals surface area contributed by atoms with E-state index in [1.807, 2.05) is 19.9 Å². The molecule has 0 saturated carbocycles. The zero-order valence-corrected chi connectivity index (χ0v) is 14.5. The van der Waals surface area contributed by atoms with Crippen LogP contribution >= 0.6 is 0 Å². The zero-order valence-electron chi connectivity index (χ0n) is 14.5. The van der Waals surface area contributed by atoms with Crippen molar-refractivity contribution in [2.75, 3.05) is 18.5 Å². The van der Waals surface area contributed by atoms with Crippen LogP contribution < -0.4 is 10.6 Å². The van der Waals surface area contributed by atoms with Crippen LogP contribution in [-0.2, 0) is 11.2 Å². The molecule has 8 nitrogen and oxygen atoms in total. The number of carbonyl (C=O) groups is 1. The van der Waals surface area contributed by atoms with Crippen LogP contribution in [-0.4, -0.2) is 40.2 Å². The highest BCUT2D eigenvalue weighted by atomic mass is 16.5. The average molecular weight is 345 g/mol. The number of hydrogen-bond acceptors (Lipinski definition) is 7. The molecule has 0 bridgehead atoms. The monoisotopic (exact) mass is 345 g/mol. The Morgan fingerprint density at radius 2 is 2.32 bits per heavy atom. The minimum Gasteiger partial charge on any atom is -0.384 e. The molecule has 25 heavy (non-hydrogen) atoms. The zero-order chi connectivity index (χ0) is 17.6. The van der Waals surface area contributed by atoms with Crippen molar-refractivity contribution >= 4 is 11.6 Å². The van der Waals surface area contributed by atoms with Crippen LogP contribution in [0.1, 0.15) is 55.0 Å². The number of carbonyl (C=O) groups excluding carboxylic acids is 1. The van der Waals surface area contributed by atoms with Crippen molar-refractivity contribution in [1.82, 2.24) is 20.4 Å². The van der Waals surface area contributed by atoms with Crippen LogP contribution in [0.3, 0.4) is 0 Å². The summed E-state index contributed by atoms with van der Waals surface area (Å²) in [4.78, 5) is 20.5. The third-order valence-corrected chi connectivity index (χ3v) is 3.78. The largest absolute Gasteiger partial charge is 0.384 e. The van der Waals surface area contributed by atoms with Crippen LogP contribution in [0.5, 0.6) is 0 Å². The standard InChI is InChI=1S/C17H23N5O3/c1-11(2)20-16(23)13-10-12(5-7-19-13)18-8-6-15-21-17(25-22-15)14-4-3-9-24-14/h5,7,10-11,14H,3-4,6,8-9H2,1-2H3,(H,18,19)(H,20,23)/t14-/m0/s1. The fraction of sp³-hybridized carbons (Fsp3) is 0.529. The van der Waals surface area contributed by atoms with E-state index in [1.54, 1.807) is 12.3 Å². The molecule has 1 atom stereocenters. The maximum absolute atomic E-state index is 12.0. The smallest absolute Gasteiger partial charge is 0.270 e. The van der Waals surface area contributed by atoms with Gasteiger partial charge in [0.05, 0.1) is 0 Å². The second kappa shape index (κ2) is 8.06. The lowest BCUT2D eigenvalue weighted by atomic mass is 10.2. The lowest BCUT2D eigenvalue weighted by Crippen LogP contribution is -2.30. The van der Waals surface area contributed by atoms with E-state index >= 15 is 0 Å². The molecule has 3 heterocycles. The number of nitrogens with zero attached hydrogens (tertiary/aromatic N) is 3. The quantitative estimate of drug-likeness (QED) is 0.792. The predicted molar refractivity (Wildman–Crippen MR) is 91.3 cm³/mol. The first-order chi connectivity index (χ1) is 12.1. The molecule has 134 valence electrons. The first-order valence-corrected chi connectivity index (χ1v) is 8.56. The van der Waals surface area contributed by atoms with Crippen molar-refractivity contribution < 1.29 is 14.1 Å². The Labute approximate surface area is 146 Å². The van der Waals surface area contributed by atoms with E-state index in [0.717, 1.165) is 25.1 Å². The molecule has 0 unspecified atom stereocenters. The van der Waals surface area contributed by atoms with Crippen molar-refractivity contribution in [2.45, 2.75) is 45.3 Å². The molecule has 1 aliphatic rings. The van der Waals surface area contributed by atoms with Gasteiger partial charge in [0.2, 0.25) is 0 Å². The van der Waals surface area contributed by atoms with Crippen LogP contribution in [0.4, 0.5) is 5.69 Å². The average Bonchev–Trinajstić information content (AvgIpc) is 3.26. The summed E-state index contributed by atoms with van der Waals surface area (Å²) in [6.45, 7) is 5.20. The highest BCUT2D eigenvalue weighted by molar-refractivity contribution is 5.93. The van der Waals surface area contributed by atoms with Crippen LogP contribution in [0.2, 0.25) is 0 Å². The van der Waals surface area contributed by atoms with E-state index < -0.39 is 0 Å². The van der Waals surface area contributed by atoms with Gasteiger partial charge in [-0.25, -0.2) is 0 Å². The van der Waals surface area contributed by atoms with Crippen molar-refractivity contribution in [3.63, 3.8) is 0 Å². The van der Waals surface area contributed by atoms with Gasteiger partial charge in [-0.15, -0.1) is 0 Å². The molecule has 2 N–H and O–H groups in total. The van der Waals surface area contributed by atoms with Crippen LogP contribution in [0, 0.1) is 0 Å². The summed E-state index contributed by atoms with van der Waals surface area (Å²) in [5, 5.41) is 10.1. The van der Waals surface area contributed by atoms with E-state index in [4.69, 9.17) is 9.26 Å². The SMILES string of the molecule is CC(C)NC(=O)c1cc(NCCc2noc([C@@H]3CCCO3)n2)ccn1. The van der Waals surface area contributed by atoms with Crippen LogP contribution in [0.25, 0.3) is 0 Å². The lowest BCUT2D eigenvalue weighted by molar-refractivity contribution is 0.0835. The first kappa shape index (κ1) is 17.3. The minimum atomic E-state index is -0.182. The van der Waals surface area contributed by atoms with Gasteiger partial charge < -0.3 is 19.9 Å². The summed E-state index contributed by atoms with van der Waals surface area (Å²) in [6.07, 6.45) is 4.13. The van der Waals surface area contributed by atoms with Gasteiger partial charge in [0.15, 0.2) is 5.82 Å². The molecular formula is C17H23N5O3. The maximum atomic E-state index is 12.0. The van der Waals surface area contributed by atoms with Crippen molar-refractivity contribution in [3.05, 3.63) is 35.7 Å². The number of aromatic nitrogens is 3. The number of anilines is 1. The molecule has 0 radical (unpaired) electrons. The van der Waals surface area contributed by atoms with Gasteiger partial charge in [0.25, 0.3) is 11.8 Å². The topological polar surface area (TPSA) is 102 Å². The maximum Gasteiger partial charge on any atom is 0.270 e. The molecule has 1 aliphatic heterocycles.